The van der Waals surface area contributed by atoms with Crippen molar-refractivity contribution in [2.75, 3.05) is 34.3 Å². The first-order chi connectivity index (χ1) is 11.9. The van der Waals surface area contributed by atoms with Crippen LogP contribution in [0.5, 0.6) is 0 Å². The molecule has 3 nitrogen and oxygen atoms in total. The molecular weight excluding hydrogens is 330 g/mol. The number of carbonyl (C=O) groups excluding carboxylic acids is 1. The summed E-state index contributed by atoms with van der Waals surface area (Å²) in [7, 11) is 6.42. The van der Waals surface area contributed by atoms with E-state index in [1.54, 1.807) is 11.8 Å². The highest BCUT2D eigenvalue weighted by molar-refractivity contribution is 7.98. The highest BCUT2D eigenvalue weighted by Gasteiger charge is 2.11. The van der Waals surface area contributed by atoms with E-state index in [9.17, 15) is 4.79 Å². The molecule has 2 aromatic carbocycles. The third-order valence-electron chi connectivity index (χ3n) is 3.78. The second-order valence-electron chi connectivity index (χ2n) is 7.15. The minimum Gasteiger partial charge on any atom is -0.465 e. The minimum atomic E-state index is -0.144. The van der Waals surface area contributed by atoms with Crippen LogP contribution in [0.2, 0.25) is 0 Å². The monoisotopic (exact) mass is 358 g/mol. The molecule has 0 bridgehead atoms. The first kappa shape index (κ1) is 19.5. The molecule has 0 atom stereocenters. The summed E-state index contributed by atoms with van der Waals surface area (Å²) in [6.45, 7) is 1.49. The summed E-state index contributed by atoms with van der Waals surface area (Å²) in [6.07, 6.45) is 1.22. The molecule has 0 heterocycles. The lowest BCUT2D eigenvalue weighted by molar-refractivity contribution is -0.870. The van der Waals surface area contributed by atoms with Gasteiger partial charge in [-0.05, 0) is 17.2 Å². The van der Waals surface area contributed by atoms with Crippen LogP contribution in [0.15, 0.2) is 59.5 Å². The van der Waals surface area contributed by atoms with Gasteiger partial charge in [0.1, 0.15) is 0 Å². The molecule has 25 heavy (non-hydrogen) atoms. The highest BCUT2D eigenvalue weighted by atomic mass is 32.2. The van der Waals surface area contributed by atoms with Crippen LogP contribution in [0.4, 0.5) is 0 Å². The number of thioether (sulfide) groups is 1. The van der Waals surface area contributed by atoms with Crippen LogP contribution in [-0.4, -0.2) is 44.7 Å². The van der Waals surface area contributed by atoms with Crippen molar-refractivity contribution in [3.05, 3.63) is 65.7 Å². The Morgan fingerprint density at radius 2 is 1.68 bits per heavy atom. The molecule has 134 valence electrons. The molecule has 0 saturated carbocycles. The van der Waals surface area contributed by atoms with Crippen LogP contribution >= 0.6 is 11.8 Å². The molecule has 2 aromatic rings. The predicted octanol–water partition coefficient (Wildman–Crippen LogP) is 4.16. The van der Waals surface area contributed by atoms with Crippen LogP contribution in [0.1, 0.15) is 17.5 Å². The molecule has 0 fully saturated rings. The fraction of sp³-hybridized carbons (Fsp3) is 0.381. The van der Waals surface area contributed by atoms with Gasteiger partial charge in [0.2, 0.25) is 0 Å². The van der Waals surface area contributed by atoms with Gasteiger partial charge in [-0.3, -0.25) is 4.79 Å². The van der Waals surface area contributed by atoms with Crippen molar-refractivity contribution in [2.24, 2.45) is 0 Å². The molecule has 0 N–H and O–H groups in total. The van der Waals surface area contributed by atoms with Gasteiger partial charge in [0, 0.05) is 17.1 Å². The van der Waals surface area contributed by atoms with Crippen molar-refractivity contribution in [3.8, 4) is 0 Å². The maximum absolute atomic E-state index is 12.1. The molecule has 0 aromatic heterocycles. The number of ether oxygens (including phenoxy) is 1. The Morgan fingerprint density at radius 3 is 2.40 bits per heavy atom. The number of nitrogens with zero attached hydrogens (tertiary/aromatic N) is 1. The average Bonchev–Trinajstić information content (AvgIpc) is 2.58. The van der Waals surface area contributed by atoms with Crippen molar-refractivity contribution >= 4 is 17.7 Å². The maximum atomic E-state index is 12.1. The van der Waals surface area contributed by atoms with E-state index in [0.717, 1.165) is 33.7 Å². The number of carbonyl (C=O) groups is 1. The van der Waals surface area contributed by atoms with E-state index in [2.05, 4.69) is 51.5 Å². The second-order valence-corrected chi connectivity index (χ2v) is 8.16. The molecule has 0 radical (unpaired) electrons. The van der Waals surface area contributed by atoms with Gasteiger partial charge in [-0.25, -0.2) is 0 Å². The fourth-order valence-corrected chi connectivity index (χ4v) is 3.47. The number of hydrogen-bond acceptors (Lipinski definition) is 3. The molecule has 0 aliphatic carbocycles. The van der Waals surface area contributed by atoms with E-state index in [1.165, 1.54) is 5.56 Å². The normalized spacial score (nSPS) is 11.3. The first-order valence-electron chi connectivity index (χ1n) is 8.65. The topological polar surface area (TPSA) is 26.3 Å². The Balaban J connectivity index is 1.84. The molecule has 0 unspecified atom stereocenters. The summed E-state index contributed by atoms with van der Waals surface area (Å²) in [5.41, 5.74) is 2.32. The van der Waals surface area contributed by atoms with Gasteiger partial charge in [-0.1, -0.05) is 48.5 Å². The van der Waals surface area contributed by atoms with Gasteiger partial charge >= 0.3 is 5.97 Å². The Morgan fingerprint density at radius 1 is 1.00 bits per heavy atom. The Kier molecular flexibility index (Phi) is 7.53. The number of rotatable bonds is 9. The molecular formula is C21H28NO2S+. The van der Waals surface area contributed by atoms with E-state index in [0.29, 0.717) is 13.0 Å². The number of esters is 1. The smallest absolute Gasteiger partial charge is 0.310 e. The van der Waals surface area contributed by atoms with Crippen LogP contribution in [0.25, 0.3) is 0 Å². The van der Waals surface area contributed by atoms with Crippen molar-refractivity contribution in [2.45, 2.75) is 23.5 Å². The minimum absolute atomic E-state index is 0.144. The van der Waals surface area contributed by atoms with Crippen molar-refractivity contribution < 1.29 is 14.0 Å². The quantitative estimate of drug-likeness (QED) is 0.291. The lowest BCUT2D eigenvalue weighted by atomic mass is 10.1. The Bertz CT molecular complexity index is 665. The Hall–Kier alpha value is -1.78. The standard InChI is InChI=1S/C21H28NO2S/c1-22(2,3)14-9-15-24-21(23)16-19-12-7-8-13-20(19)25-17-18-10-5-4-6-11-18/h4-8,10-13H,9,14-17H2,1-3H3/q+1. The van der Waals surface area contributed by atoms with Crippen LogP contribution in [-0.2, 0) is 21.7 Å². The summed E-state index contributed by atoms with van der Waals surface area (Å²) in [4.78, 5) is 13.3. The van der Waals surface area contributed by atoms with Gasteiger partial charge in [0.25, 0.3) is 0 Å². The molecule has 0 amide bonds. The summed E-state index contributed by atoms with van der Waals surface area (Å²) >= 11 is 1.76. The van der Waals surface area contributed by atoms with Crippen LogP contribution in [0, 0.1) is 0 Å². The van der Waals surface area contributed by atoms with Crippen molar-refractivity contribution in [1.29, 1.82) is 0 Å². The lowest BCUT2D eigenvalue weighted by Gasteiger charge is -2.23. The second kappa shape index (κ2) is 9.64. The van der Waals surface area contributed by atoms with Crippen LogP contribution < -0.4 is 0 Å². The molecule has 0 saturated heterocycles. The van der Waals surface area contributed by atoms with Gasteiger partial charge in [-0.2, -0.15) is 0 Å². The highest BCUT2D eigenvalue weighted by Crippen LogP contribution is 2.26. The van der Waals surface area contributed by atoms with E-state index in [-0.39, 0.29) is 5.97 Å². The van der Waals surface area contributed by atoms with Gasteiger partial charge in [0.05, 0.1) is 40.7 Å². The fourth-order valence-electron chi connectivity index (χ4n) is 2.46. The zero-order valence-electron chi connectivity index (χ0n) is 15.4. The lowest BCUT2D eigenvalue weighted by Crippen LogP contribution is -2.35. The molecule has 2 rings (SSSR count). The molecule has 4 heteroatoms. The summed E-state index contributed by atoms with van der Waals surface area (Å²) in [5.74, 6) is 0.755. The maximum Gasteiger partial charge on any atom is 0.310 e. The average molecular weight is 359 g/mol. The predicted molar refractivity (Wildman–Crippen MR) is 105 cm³/mol. The third-order valence-corrected chi connectivity index (χ3v) is 4.97. The van der Waals surface area contributed by atoms with Crippen LogP contribution in [0.3, 0.4) is 0 Å². The van der Waals surface area contributed by atoms with Crippen molar-refractivity contribution in [1.82, 2.24) is 0 Å². The Labute approximate surface area is 155 Å². The van der Waals surface area contributed by atoms with Gasteiger partial charge < -0.3 is 9.22 Å². The van der Waals surface area contributed by atoms with E-state index < -0.39 is 0 Å². The van der Waals surface area contributed by atoms with Gasteiger partial charge in [0.15, 0.2) is 0 Å². The first-order valence-corrected chi connectivity index (χ1v) is 9.63. The van der Waals surface area contributed by atoms with E-state index in [1.807, 2.05) is 24.3 Å². The van der Waals surface area contributed by atoms with Crippen molar-refractivity contribution in [3.63, 3.8) is 0 Å². The third kappa shape index (κ3) is 7.76. The van der Waals surface area contributed by atoms with E-state index in [4.69, 9.17) is 4.74 Å². The summed E-state index contributed by atoms with van der Waals surface area (Å²) in [6, 6.07) is 18.5. The molecule has 0 aliphatic heterocycles. The number of benzene rings is 2. The van der Waals surface area contributed by atoms with E-state index >= 15 is 0 Å². The molecule has 0 spiro atoms. The largest absolute Gasteiger partial charge is 0.465 e. The number of quaternary nitrogens is 1. The zero-order chi connectivity index (χ0) is 18.1. The SMILES string of the molecule is C[N+](C)(C)CCCOC(=O)Cc1ccccc1SCc1ccccc1. The zero-order valence-corrected chi connectivity index (χ0v) is 16.2. The number of hydrogen-bond donors (Lipinski definition) is 0. The molecule has 0 aliphatic rings. The van der Waals surface area contributed by atoms with Gasteiger partial charge in [-0.15, -0.1) is 11.8 Å². The summed E-state index contributed by atoms with van der Waals surface area (Å²) in [5, 5.41) is 0. The summed E-state index contributed by atoms with van der Waals surface area (Å²) < 4.78 is 6.29.